The molecule has 118 valence electrons. The summed E-state index contributed by atoms with van der Waals surface area (Å²) in [6.45, 7) is 15.0. The Hall–Kier alpha value is -0.930. The van der Waals surface area contributed by atoms with Crippen LogP contribution in [0.4, 0.5) is 4.39 Å². The fourth-order valence-corrected chi connectivity index (χ4v) is 3.23. The second-order valence-corrected chi connectivity index (χ2v) is 7.43. The van der Waals surface area contributed by atoms with E-state index in [2.05, 4.69) is 50.9 Å². The molecule has 2 rings (SSSR count). The van der Waals surface area contributed by atoms with Gasteiger partial charge >= 0.3 is 0 Å². The van der Waals surface area contributed by atoms with Crippen molar-refractivity contribution in [3.8, 4) is 0 Å². The zero-order valence-electron chi connectivity index (χ0n) is 14.2. The van der Waals surface area contributed by atoms with Gasteiger partial charge in [-0.1, -0.05) is 26.0 Å². The number of benzene rings is 1. The van der Waals surface area contributed by atoms with E-state index < -0.39 is 0 Å². The maximum Gasteiger partial charge on any atom is 0.126 e. The van der Waals surface area contributed by atoms with E-state index in [0.717, 1.165) is 18.7 Å². The molecule has 0 amide bonds. The largest absolute Gasteiger partial charge is 0.309 e. The third-order valence-corrected chi connectivity index (χ3v) is 4.74. The molecule has 2 unspecified atom stereocenters. The molecule has 1 aromatic rings. The fourth-order valence-electron chi connectivity index (χ4n) is 3.23. The van der Waals surface area contributed by atoms with Crippen molar-refractivity contribution in [2.24, 2.45) is 5.92 Å². The molecule has 0 spiro atoms. The van der Waals surface area contributed by atoms with Gasteiger partial charge in [0, 0.05) is 30.7 Å². The normalized spacial score (nSPS) is 24.3. The molecule has 1 aliphatic heterocycles. The Morgan fingerprint density at radius 3 is 2.52 bits per heavy atom. The topological polar surface area (TPSA) is 15.3 Å². The van der Waals surface area contributed by atoms with E-state index in [1.807, 2.05) is 13.0 Å². The van der Waals surface area contributed by atoms with Crippen molar-refractivity contribution in [1.29, 1.82) is 0 Å². The standard InChI is InChI=1S/C18H29FN2/c1-12(2)17-10-20-18(5,6)11-21(17)14(4)15-8-7-13(3)16(19)9-15/h7-9,12,14,17,20H,10-11H2,1-6H3. The minimum atomic E-state index is -0.102. The van der Waals surface area contributed by atoms with E-state index in [-0.39, 0.29) is 17.4 Å². The average molecular weight is 292 g/mol. The van der Waals surface area contributed by atoms with Crippen LogP contribution >= 0.6 is 0 Å². The summed E-state index contributed by atoms with van der Waals surface area (Å²) in [5, 5.41) is 3.63. The summed E-state index contributed by atoms with van der Waals surface area (Å²) in [5.41, 5.74) is 1.89. The van der Waals surface area contributed by atoms with Gasteiger partial charge in [-0.3, -0.25) is 4.90 Å². The molecule has 1 saturated heterocycles. The van der Waals surface area contributed by atoms with Gasteiger partial charge in [-0.2, -0.15) is 0 Å². The van der Waals surface area contributed by atoms with Crippen molar-refractivity contribution in [2.75, 3.05) is 13.1 Å². The molecule has 3 heteroatoms. The van der Waals surface area contributed by atoms with Crippen LogP contribution in [0.5, 0.6) is 0 Å². The van der Waals surface area contributed by atoms with E-state index in [1.165, 1.54) is 0 Å². The highest BCUT2D eigenvalue weighted by Gasteiger charge is 2.36. The number of nitrogens with zero attached hydrogens (tertiary/aromatic N) is 1. The molecule has 0 saturated carbocycles. The summed E-state index contributed by atoms with van der Waals surface area (Å²) in [4.78, 5) is 2.53. The zero-order chi connectivity index (χ0) is 15.8. The van der Waals surface area contributed by atoms with Gasteiger partial charge in [-0.15, -0.1) is 0 Å². The summed E-state index contributed by atoms with van der Waals surface area (Å²) in [5.74, 6) is 0.473. The highest BCUT2D eigenvalue weighted by atomic mass is 19.1. The Kier molecular flexibility index (Phi) is 4.74. The molecule has 0 aromatic heterocycles. The van der Waals surface area contributed by atoms with E-state index in [9.17, 15) is 4.39 Å². The summed E-state index contributed by atoms with van der Waals surface area (Å²) < 4.78 is 13.9. The molecule has 2 nitrogen and oxygen atoms in total. The van der Waals surface area contributed by atoms with Gasteiger partial charge in [0.2, 0.25) is 0 Å². The number of piperazine rings is 1. The van der Waals surface area contributed by atoms with E-state index in [0.29, 0.717) is 17.5 Å². The molecular formula is C18H29FN2. The number of halogens is 1. The molecule has 0 bridgehead atoms. The highest BCUT2D eigenvalue weighted by molar-refractivity contribution is 5.26. The Balaban J connectivity index is 2.28. The van der Waals surface area contributed by atoms with Gasteiger partial charge in [-0.25, -0.2) is 4.39 Å². The summed E-state index contributed by atoms with van der Waals surface area (Å²) in [7, 11) is 0. The lowest BCUT2D eigenvalue weighted by Gasteiger charge is -2.49. The predicted molar refractivity (Wildman–Crippen MR) is 87.0 cm³/mol. The maximum absolute atomic E-state index is 13.9. The molecule has 1 N–H and O–H groups in total. The van der Waals surface area contributed by atoms with Crippen LogP contribution in [-0.2, 0) is 0 Å². The first-order valence-corrected chi connectivity index (χ1v) is 7.98. The molecular weight excluding hydrogens is 263 g/mol. The average Bonchev–Trinajstić information content (AvgIpc) is 2.39. The first kappa shape index (κ1) is 16.4. The Labute approximate surface area is 128 Å². The summed E-state index contributed by atoms with van der Waals surface area (Å²) in [6, 6.07) is 6.37. The zero-order valence-corrected chi connectivity index (χ0v) is 14.2. The van der Waals surface area contributed by atoms with Crippen LogP contribution in [0.3, 0.4) is 0 Å². The summed E-state index contributed by atoms with van der Waals surface area (Å²) >= 11 is 0. The molecule has 0 radical (unpaired) electrons. The monoisotopic (exact) mass is 292 g/mol. The number of hydrogen-bond donors (Lipinski definition) is 1. The van der Waals surface area contributed by atoms with Crippen molar-refractivity contribution >= 4 is 0 Å². The van der Waals surface area contributed by atoms with Gasteiger partial charge in [0.15, 0.2) is 0 Å². The van der Waals surface area contributed by atoms with Crippen LogP contribution in [0, 0.1) is 18.7 Å². The molecule has 1 aromatic carbocycles. The lowest BCUT2D eigenvalue weighted by molar-refractivity contribution is 0.0370. The van der Waals surface area contributed by atoms with Crippen LogP contribution in [0.25, 0.3) is 0 Å². The molecule has 21 heavy (non-hydrogen) atoms. The van der Waals surface area contributed by atoms with Crippen molar-refractivity contribution in [3.63, 3.8) is 0 Å². The molecule has 0 aliphatic carbocycles. The lowest BCUT2D eigenvalue weighted by Crippen LogP contribution is -2.63. The Morgan fingerprint density at radius 1 is 1.29 bits per heavy atom. The van der Waals surface area contributed by atoms with Crippen molar-refractivity contribution in [3.05, 3.63) is 35.1 Å². The van der Waals surface area contributed by atoms with E-state index in [1.54, 1.807) is 6.07 Å². The molecule has 2 atom stereocenters. The Bertz CT molecular complexity index is 496. The van der Waals surface area contributed by atoms with Crippen molar-refractivity contribution < 1.29 is 4.39 Å². The number of nitrogens with one attached hydrogen (secondary N) is 1. The van der Waals surface area contributed by atoms with Crippen LogP contribution in [0.2, 0.25) is 0 Å². The molecule has 1 aliphatic rings. The fraction of sp³-hybridized carbons (Fsp3) is 0.667. The third kappa shape index (κ3) is 3.64. The predicted octanol–water partition coefficient (Wildman–Crippen LogP) is 3.90. The second kappa shape index (κ2) is 6.05. The number of hydrogen-bond acceptors (Lipinski definition) is 2. The van der Waals surface area contributed by atoms with Crippen LogP contribution in [-0.4, -0.2) is 29.6 Å². The highest BCUT2D eigenvalue weighted by Crippen LogP contribution is 2.30. The van der Waals surface area contributed by atoms with Gasteiger partial charge < -0.3 is 5.32 Å². The van der Waals surface area contributed by atoms with Crippen molar-refractivity contribution in [1.82, 2.24) is 10.2 Å². The number of aryl methyl sites for hydroxylation is 1. The lowest BCUT2D eigenvalue weighted by atomic mass is 9.90. The smallest absolute Gasteiger partial charge is 0.126 e. The van der Waals surface area contributed by atoms with E-state index in [4.69, 9.17) is 0 Å². The first-order valence-electron chi connectivity index (χ1n) is 7.98. The van der Waals surface area contributed by atoms with Gasteiger partial charge in [0.1, 0.15) is 5.82 Å². The minimum absolute atomic E-state index is 0.100. The van der Waals surface area contributed by atoms with Gasteiger partial charge in [-0.05, 0) is 50.8 Å². The van der Waals surface area contributed by atoms with Gasteiger partial charge in [0.05, 0.1) is 0 Å². The van der Waals surface area contributed by atoms with Crippen LogP contribution < -0.4 is 5.32 Å². The number of rotatable bonds is 3. The Morgan fingerprint density at radius 2 is 1.95 bits per heavy atom. The first-order chi connectivity index (χ1) is 9.71. The second-order valence-electron chi connectivity index (χ2n) is 7.43. The van der Waals surface area contributed by atoms with Crippen molar-refractivity contribution in [2.45, 2.75) is 59.2 Å². The minimum Gasteiger partial charge on any atom is -0.309 e. The molecule has 1 heterocycles. The SMILES string of the molecule is Cc1ccc(C(C)N2CC(C)(C)NCC2C(C)C)cc1F. The molecule has 1 fully saturated rings. The van der Waals surface area contributed by atoms with Crippen LogP contribution in [0.1, 0.15) is 51.8 Å². The van der Waals surface area contributed by atoms with E-state index >= 15 is 0 Å². The summed E-state index contributed by atoms with van der Waals surface area (Å²) in [6.07, 6.45) is 0. The quantitative estimate of drug-likeness (QED) is 0.909. The van der Waals surface area contributed by atoms with Gasteiger partial charge in [0.25, 0.3) is 0 Å². The maximum atomic E-state index is 13.9. The third-order valence-electron chi connectivity index (χ3n) is 4.74. The van der Waals surface area contributed by atoms with Crippen LogP contribution in [0.15, 0.2) is 18.2 Å².